The van der Waals surface area contributed by atoms with Gasteiger partial charge in [-0.2, -0.15) is 0 Å². The monoisotopic (exact) mass is 338 g/mol. The fraction of sp³-hybridized carbons (Fsp3) is 0.300. The molecular weight excluding hydrogens is 316 g/mol. The minimum absolute atomic E-state index is 0.141. The van der Waals surface area contributed by atoms with Gasteiger partial charge in [-0.25, -0.2) is 0 Å². The van der Waals surface area contributed by atoms with Crippen LogP contribution in [0, 0.1) is 6.92 Å². The van der Waals surface area contributed by atoms with Crippen molar-refractivity contribution in [1.82, 2.24) is 10.2 Å². The van der Waals surface area contributed by atoms with Crippen LogP contribution in [0.25, 0.3) is 11.5 Å². The fourth-order valence-electron chi connectivity index (χ4n) is 2.33. The molecule has 124 valence electrons. The van der Waals surface area contributed by atoms with Crippen LogP contribution in [-0.2, 0) is 11.2 Å². The van der Waals surface area contributed by atoms with Crippen molar-refractivity contribution in [2.24, 2.45) is 0 Å². The smallest absolute Gasteiger partial charge is 0.277 e. The van der Waals surface area contributed by atoms with Crippen molar-refractivity contribution >= 4 is 11.8 Å². The van der Waals surface area contributed by atoms with Gasteiger partial charge in [-0.1, -0.05) is 74.5 Å². The first-order valence-corrected chi connectivity index (χ1v) is 9.03. The third-order valence-corrected chi connectivity index (χ3v) is 4.78. The summed E-state index contributed by atoms with van der Waals surface area (Å²) in [5.74, 6) is 1.40. The summed E-state index contributed by atoms with van der Waals surface area (Å²) in [4.78, 5) is 0. The lowest BCUT2D eigenvalue weighted by atomic mass is 9.87. The van der Waals surface area contributed by atoms with Crippen LogP contribution in [0.1, 0.15) is 37.5 Å². The van der Waals surface area contributed by atoms with Gasteiger partial charge in [-0.05, 0) is 35.6 Å². The summed E-state index contributed by atoms with van der Waals surface area (Å²) in [6.45, 7) is 8.70. The molecule has 0 aliphatic rings. The van der Waals surface area contributed by atoms with Crippen molar-refractivity contribution in [3.05, 3.63) is 65.2 Å². The van der Waals surface area contributed by atoms with E-state index in [2.05, 4.69) is 74.3 Å². The third-order valence-electron chi connectivity index (χ3n) is 3.89. The summed E-state index contributed by atoms with van der Waals surface area (Å²) >= 11 is 1.56. The standard InChI is InChI=1S/C20H22N2OS/c1-14-5-7-15(8-6-14)13-24-19-22-21-18(23-19)16-9-11-17(12-10-16)20(2,3)4/h5-12H,13H2,1-4H3. The van der Waals surface area contributed by atoms with Crippen LogP contribution >= 0.6 is 11.8 Å². The molecule has 0 N–H and O–H groups in total. The maximum atomic E-state index is 5.78. The van der Waals surface area contributed by atoms with Crippen LogP contribution in [-0.4, -0.2) is 10.2 Å². The minimum Gasteiger partial charge on any atom is -0.411 e. The van der Waals surface area contributed by atoms with E-state index in [1.54, 1.807) is 11.8 Å². The van der Waals surface area contributed by atoms with Gasteiger partial charge >= 0.3 is 0 Å². The van der Waals surface area contributed by atoms with Gasteiger partial charge in [0.1, 0.15) is 0 Å². The Kier molecular flexibility index (Phi) is 4.76. The zero-order valence-electron chi connectivity index (χ0n) is 14.5. The van der Waals surface area contributed by atoms with Gasteiger partial charge in [-0.15, -0.1) is 10.2 Å². The van der Waals surface area contributed by atoms with Gasteiger partial charge in [0.25, 0.3) is 5.22 Å². The maximum absolute atomic E-state index is 5.78. The van der Waals surface area contributed by atoms with Crippen molar-refractivity contribution in [2.45, 2.75) is 44.1 Å². The van der Waals surface area contributed by atoms with Crippen LogP contribution in [0.5, 0.6) is 0 Å². The van der Waals surface area contributed by atoms with Crippen molar-refractivity contribution in [2.75, 3.05) is 0 Å². The molecule has 0 spiro atoms. The number of thioether (sulfide) groups is 1. The van der Waals surface area contributed by atoms with Crippen molar-refractivity contribution in [1.29, 1.82) is 0 Å². The Bertz CT molecular complexity index is 799. The number of rotatable bonds is 4. The SMILES string of the molecule is Cc1ccc(CSc2nnc(-c3ccc(C(C)(C)C)cc3)o2)cc1. The lowest BCUT2D eigenvalue weighted by Gasteiger charge is -2.18. The highest BCUT2D eigenvalue weighted by Crippen LogP contribution is 2.28. The lowest BCUT2D eigenvalue weighted by Crippen LogP contribution is -2.10. The van der Waals surface area contributed by atoms with Crippen LogP contribution in [0.15, 0.2) is 58.2 Å². The normalized spacial score (nSPS) is 11.7. The number of aromatic nitrogens is 2. The molecular formula is C20H22N2OS. The zero-order valence-corrected chi connectivity index (χ0v) is 15.4. The van der Waals surface area contributed by atoms with E-state index < -0.39 is 0 Å². The molecule has 3 nitrogen and oxygen atoms in total. The first-order valence-electron chi connectivity index (χ1n) is 8.04. The van der Waals surface area contributed by atoms with E-state index in [0.29, 0.717) is 11.1 Å². The van der Waals surface area contributed by atoms with E-state index in [9.17, 15) is 0 Å². The van der Waals surface area contributed by atoms with E-state index >= 15 is 0 Å². The highest BCUT2D eigenvalue weighted by Gasteiger charge is 2.14. The molecule has 0 atom stereocenters. The van der Waals surface area contributed by atoms with Crippen LogP contribution in [0.2, 0.25) is 0 Å². The third kappa shape index (κ3) is 4.06. The molecule has 0 fully saturated rings. The molecule has 3 aromatic rings. The van der Waals surface area contributed by atoms with Gasteiger partial charge < -0.3 is 4.42 Å². The number of hydrogen-bond donors (Lipinski definition) is 0. The van der Waals surface area contributed by atoms with Crippen molar-refractivity contribution in [3.8, 4) is 11.5 Å². The fourth-order valence-corrected chi connectivity index (χ4v) is 3.05. The molecule has 1 heterocycles. The molecule has 24 heavy (non-hydrogen) atoms. The average molecular weight is 338 g/mol. The molecule has 1 aromatic heterocycles. The second-order valence-corrected chi connectivity index (χ2v) is 7.90. The quantitative estimate of drug-likeness (QED) is 0.577. The molecule has 2 aromatic carbocycles. The Morgan fingerprint density at radius 2 is 1.58 bits per heavy atom. The van der Waals surface area contributed by atoms with Crippen LogP contribution < -0.4 is 0 Å². The van der Waals surface area contributed by atoms with E-state index in [4.69, 9.17) is 4.42 Å². The summed E-state index contributed by atoms with van der Waals surface area (Å²) in [7, 11) is 0. The zero-order chi connectivity index (χ0) is 17.2. The Morgan fingerprint density at radius 3 is 2.21 bits per heavy atom. The van der Waals surface area contributed by atoms with E-state index in [1.807, 2.05) is 12.1 Å². The first-order chi connectivity index (χ1) is 11.4. The number of nitrogens with zero attached hydrogens (tertiary/aromatic N) is 2. The highest BCUT2D eigenvalue weighted by molar-refractivity contribution is 7.98. The Labute approximate surface area is 147 Å². The number of aryl methyl sites for hydroxylation is 1. The van der Waals surface area contributed by atoms with Gasteiger partial charge in [0.15, 0.2) is 0 Å². The van der Waals surface area contributed by atoms with Gasteiger partial charge in [-0.3, -0.25) is 0 Å². The maximum Gasteiger partial charge on any atom is 0.277 e. The van der Waals surface area contributed by atoms with Crippen molar-refractivity contribution < 1.29 is 4.42 Å². The summed E-state index contributed by atoms with van der Waals surface area (Å²) in [6.07, 6.45) is 0. The van der Waals surface area contributed by atoms with Crippen molar-refractivity contribution in [3.63, 3.8) is 0 Å². The molecule has 0 aliphatic heterocycles. The molecule has 0 radical (unpaired) electrons. The molecule has 0 bridgehead atoms. The topological polar surface area (TPSA) is 38.9 Å². The van der Waals surface area contributed by atoms with Crippen LogP contribution in [0.4, 0.5) is 0 Å². The Morgan fingerprint density at radius 1 is 0.917 bits per heavy atom. The van der Waals surface area contributed by atoms with E-state index in [1.165, 1.54) is 16.7 Å². The van der Waals surface area contributed by atoms with Gasteiger partial charge in [0, 0.05) is 11.3 Å². The minimum atomic E-state index is 0.141. The van der Waals surface area contributed by atoms with E-state index in [0.717, 1.165) is 11.3 Å². The lowest BCUT2D eigenvalue weighted by molar-refractivity contribution is 0.466. The number of benzene rings is 2. The second-order valence-electron chi connectivity index (χ2n) is 6.97. The molecule has 4 heteroatoms. The summed E-state index contributed by atoms with van der Waals surface area (Å²) < 4.78 is 5.78. The van der Waals surface area contributed by atoms with Crippen LogP contribution in [0.3, 0.4) is 0 Å². The Balaban J connectivity index is 1.68. The predicted octanol–water partition coefficient (Wildman–Crippen LogP) is 5.63. The average Bonchev–Trinajstić information content (AvgIpc) is 3.03. The molecule has 0 unspecified atom stereocenters. The number of hydrogen-bond acceptors (Lipinski definition) is 4. The second kappa shape index (κ2) is 6.81. The predicted molar refractivity (Wildman–Crippen MR) is 99.2 cm³/mol. The Hall–Kier alpha value is -2.07. The molecule has 0 amide bonds. The molecule has 0 saturated carbocycles. The first kappa shape index (κ1) is 16.8. The van der Waals surface area contributed by atoms with Gasteiger partial charge in [0.2, 0.25) is 5.89 Å². The summed E-state index contributed by atoms with van der Waals surface area (Å²) in [6, 6.07) is 16.8. The van der Waals surface area contributed by atoms with E-state index in [-0.39, 0.29) is 5.41 Å². The van der Waals surface area contributed by atoms with Gasteiger partial charge in [0.05, 0.1) is 0 Å². The summed E-state index contributed by atoms with van der Waals surface area (Å²) in [5.41, 5.74) is 4.91. The summed E-state index contributed by atoms with van der Waals surface area (Å²) in [5, 5.41) is 8.91. The molecule has 0 aliphatic carbocycles. The molecule has 3 rings (SSSR count). The highest BCUT2D eigenvalue weighted by atomic mass is 32.2. The largest absolute Gasteiger partial charge is 0.411 e. The molecule has 0 saturated heterocycles.